The molecule has 104 valence electrons. The van der Waals surface area contributed by atoms with Gasteiger partial charge in [0, 0.05) is 28.5 Å². The zero-order valence-corrected chi connectivity index (χ0v) is 12.4. The van der Waals surface area contributed by atoms with Gasteiger partial charge < -0.3 is 0 Å². The summed E-state index contributed by atoms with van der Waals surface area (Å²) in [4.78, 5) is 0. The summed E-state index contributed by atoms with van der Waals surface area (Å²) in [6.07, 6.45) is 8.56. The Labute approximate surface area is 121 Å². The van der Waals surface area contributed by atoms with Gasteiger partial charge in [-0.25, -0.2) is 0 Å². The molecule has 0 saturated carbocycles. The first-order valence-electron chi connectivity index (χ1n) is 7.24. The van der Waals surface area contributed by atoms with Crippen LogP contribution < -0.4 is 0 Å². The number of aromatic nitrogens is 2. The first kappa shape index (κ1) is 12.3. The molecule has 3 heterocycles. The molecule has 4 rings (SSSR count). The molecule has 0 aliphatic carbocycles. The maximum atomic E-state index is 12.3. The summed E-state index contributed by atoms with van der Waals surface area (Å²) in [6, 6.07) is 6.54. The summed E-state index contributed by atoms with van der Waals surface area (Å²) in [5.41, 5.74) is 3.82. The van der Waals surface area contributed by atoms with Gasteiger partial charge >= 0.3 is 0 Å². The Bertz CT molecular complexity index is 731. The number of benzene rings is 1. The fourth-order valence-corrected chi connectivity index (χ4v) is 5.39. The van der Waals surface area contributed by atoms with E-state index >= 15 is 0 Å². The first-order valence-corrected chi connectivity index (χ1v) is 8.52. The van der Waals surface area contributed by atoms with Gasteiger partial charge in [0.1, 0.15) is 0 Å². The SMILES string of the molecule is Cn1ncc2ccc(C3=CC4CCCC(C3)S4=O)cc21. The highest BCUT2D eigenvalue weighted by Gasteiger charge is 2.33. The van der Waals surface area contributed by atoms with E-state index in [-0.39, 0.29) is 5.25 Å². The molecule has 0 N–H and O–H groups in total. The number of hydrogen-bond acceptors (Lipinski definition) is 2. The number of allylic oxidation sites excluding steroid dienone is 1. The number of aryl methyl sites for hydroxylation is 1. The third kappa shape index (κ3) is 1.85. The van der Waals surface area contributed by atoms with Crippen molar-refractivity contribution in [1.82, 2.24) is 9.78 Å². The van der Waals surface area contributed by atoms with E-state index in [0.29, 0.717) is 5.25 Å². The highest BCUT2D eigenvalue weighted by atomic mass is 32.2. The average Bonchev–Trinajstić information content (AvgIpc) is 2.80. The molecule has 0 spiro atoms. The van der Waals surface area contributed by atoms with E-state index < -0.39 is 10.8 Å². The Balaban J connectivity index is 1.79. The largest absolute Gasteiger partial charge is 0.268 e. The van der Waals surface area contributed by atoms with Crippen LogP contribution in [0.1, 0.15) is 31.2 Å². The molecule has 3 atom stereocenters. The van der Waals surface area contributed by atoms with E-state index in [1.54, 1.807) is 0 Å². The average molecular weight is 286 g/mol. The normalized spacial score (nSPS) is 29.4. The Morgan fingerprint density at radius 2 is 2.25 bits per heavy atom. The second-order valence-corrected chi connectivity index (χ2v) is 7.79. The van der Waals surface area contributed by atoms with Crippen molar-refractivity contribution in [3.63, 3.8) is 0 Å². The maximum Gasteiger partial charge on any atom is 0.0685 e. The zero-order valence-electron chi connectivity index (χ0n) is 11.6. The molecule has 2 bridgehead atoms. The lowest BCUT2D eigenvalue weighted by atomic mass is 9.93. The van der Waals surface area contributed by atoms with Crippen LogP contribution in [0.25, 0.3) is 16.5 Å². The van der Waals surface area contributed by atoms with E-state index in [1.165, 1.54) is 28.5 Å². The molecule has 1 saturated heterocycles. The number of rotatable bonds is 1. The molecule has 3 unspecified atom stereocenters. The van der Waals surface area contributed by atoms with Crippen molar-refractivity contribution in [3.05, 3.63) is 36.0 Å². The van der Waals surface area contributed by atoms with Crippen LogP contribution in [0.15, 0.2) is 30.5 Å². The molecular formula is C16H18N2OS. The maximum absolute atomic E-state index is 12.3. The van der Waals surface area contributed by atoms with Crippen molar-refractivity contribution in [2.75, 3.05) is 0 Å². The minimum atomic E-state index is -0.648. The van der Waals surface area contributed by atoms with Crippen LogP contribution in [0.4, 0.5) is 0 Å². The molecule has 2 aliphatic heterocycles. The van der Waals surface area contributed by atoms with Gasteiger partial charge in [0.25, 0.3) is 0 Å². The van der Waals surface area contributed by atoms with Crippen molar-refractivity contribution in [2.24, 2.45) is 7.05 Å². The van der Waals surface area contributed by atoms with Gasteiger partial charge in [-0.05, 0) is 36.5 Å². The smallest absolute Gasteiger partial charge is 0.0685 e. The highest BCUT2D eigenvalue weighted by molar-refractivity contribution is 7.86. The second-order valence-electron chi connectivity index (χ2n) is 5.86. The van der Waals surface area contributed by atoms with Crippen LogP contribution in [-0.4, -0.2) is 24.5 Å². The van der Waals surface area contributed by atoms with Crippen LogP contribution in [0.2, 0.25) is 0 Å². The lowest BCUT2D eigenvalue weighted by Gasteiger charge is -2.32. The fraction of sp³-hybridized carbons (Fsp3) is 0.438. The lowest BCUT2D eigenvalue weighted by molar-refractivity contribution is 0.579. The Morgan fingerprint density at radius 1 is 1.35 bits per heavy atom. The van der Waals surface area contributed by atoms with Crippen molar-refractivity contribution in [1.29, 1.82) is 0 Å². The molecule has 1 aromatic carbocycles. The van der Waals surface area contributed by atoms with E-state index in [9.17, 15) is 4.21 Å². The summed E-state index contributed by atoms with van der Waals surface area (Å²) in [5, 5.41) is 6.13. The zero-order chi connectivity index (χ0) is 13.7. The Hall–Kier alpha value is -1.42. The van der Waals surface area contributed by atoms with E-state index in [1.807, 2.05) is 17.9 Å². The molecule has 2 aliphatic rings. The van der Waals surface area contributed by atoms with Gasteiger partial charge in [-0.1, -0.05) is 24.6 Å². The summed E-state index contributed by atoms with van der Waals surface area (Å²) in [6.45, 7) is 0. The van der Waals surface area contributed by atoms with E-state index in [0.717, 1.165) is 19.3 Å². The third-order valence-electron chi connectivity index (χ3n) is 4.60. The Kier molecular flexibility index (Phi) is 2.81. The molecular weight excluding hydrogens is 268 g/mol. The van der Waals surface area contributed by atoms with Crippen molar-refractivity contribution < 1.29 is 4.21 Å². The number of nitrogens with zero attached hydrogens (tertiary/aromatic N) is 2. The summed E-state index contributed by atoms with van der Waals surface area (Å²) in [7, 11) is 1.33. The van der Waals surface area contributed by atoms with Gasteiger partial charge in [-0.2, -0.15) is 5.10 Å². The van der Waals surface area contributed by atoms with Crippen LogP contribution in [0.5, 0.6) is 0 Å². The van der Waals surface area contributed by atoms with Gasteiger partial charge in [0.05, 0.1) is 17.0 Å². The van der Waals surface area contributed by atoms with Crippen molar-refractivity contribution in [3.8, 4) is 0 Å². The summed E-state index contributed by atoms with van der Waals surface area (Å²) in [5.74, 6) is 0. The molecule has 2 aromatic rings. The molecule has 1 aromatic heterocycles. The van der Waals surface area contributed by atoms with Gasteiger partial charge in [0.15, 0.2) is 0 Å². The predicted molar refractivity (Wildman–Crippen MR) is 82.9 cm³/mol. The third-order valence-corrected chi connectivity index (χ3v) is 6.62. The molecule has 0 amide bonds. The number of hydrogen-bond donors (Lipinski definition) is 0. The second kappa shape index (κ2) is 4.55. The van der Waals surface area contributed by atoms with Crippen molar-refractivity contribution in [2.45, 2.75) is 36.2 Å². The predicted octanol–water partition coefficient (Wildman–Crippen LogP) is 3.03. The quantitative estimate of drug-likeness (QED) is 0.807. The van der Waals surface area contributed by atoms with Crippen LogP contribution in [-0.2, 0) is 17.8 Å². The van der Waals surface area contributed by atoms with Crippen LogP contribution in [0.3, 0.4) is 0 Å². The molecule has 4 heteroatoms. The van der Waals surface area contributed by atoms with Crippen LogP contribution in [0, 0.1) is 0 Å². The lowest BCUT2D eigenvalue weighted by Crippen LogP contribution is -2.33. The molecule has 3 nitrogen and oxygen atoms in total. The van der Waals surface area contributed by atoms with Gasteiger partial charge in [-0.3, -0.25) is 8.89 Å². The van der Waals surface area contributed by atoms with E-state index in [2.05, 4.69) is 29.4 Å². The van der Waals surface area contributed by atoms with Crippen molar-refractivity contribution >= 4 is 27.3 Å². The Morgan fingerprint density at radius 3 is 3.10 bits per heavy atom. The molecule has 0 radical (unpaired) electrons. The standard InChI is InChI=1S/C16H18N2OS/c1-18-16-9-11(5-6-12(16)10-17-18)13-7-14-3-2-4-15(8-13)20(14)19/h5-7,9-10,14-15H,2-4,8H2,1H3. The summed E-state index contributed by atoms with van der Waals surface area (Å²) < 4.78 is 14.2. The molecule has 1 fully saturated rings. The minimum Gasteiger partial charge on any atom is -0.268 e. The van der Waals surface area contributed by atoms with Gasteiger partial charge in [-0.15, -0.1) is 0 Å². The topological polar surface area (TPSA) is 34.9 Å². The van der Waals surface area contributed by atoms with E-state index in [4.69, 9.17) is 0 Å². The minimum absolute atomic E-state index is 0.278. The first-order chi connectivity index (χ1) is 9.72. The highest BCUT2D eigenvalue weighted by Crippen LogP contribution is 2.37. The summed E-state index contributed by atoms with van der Waals surface area (Å²) >= 11 is 0. The number of fused-ring (bicyclic) bond motifs is 3. The van der Waals surface area contributed by atoms with Crippen LogP contribution >= 0.6 is 0 Å². The van der Waals surface area contributed by atoms with Gasteiger partial charge in [0.2, 0.25) is 0 Å². The monoisotopic (exact) mass is 286 g/mol. The fourth-order valence-electron chi connectivity index (χ4n) is 3.46. The molecule has 20 heavy (non-hydrogen) atoms.